The summed E-state index contributed by atoms with van der Waals surface area (Å²) in [4.78, 5) is 22.8. The SMILES string of the molecule is COc1cc2ccc(=O)oc2cc1OC(=O)C=C(C)C. The highest BCUT2D eigenvalue weighted by Crippen LogP contribution is 2.32. The molecule has 0 unspecified atom stereocenters. The summed E-state index contributed by atoms with van der Waals surface area (Å²) in [5, 5.41) is 0.684. The van der Waals surface area contributed by atoms with E-state index in [0.717, 1.165) is 5.57 Å². The van der Waals surface area contributed by atoms with E-state index in [1.807, 2.05) is 0 Å². The summed E-state index contributed by atoms with van der Waals surface area (Å²) in [5.41, 5.74) is 0.684. The van der Waals surface area contributed by atoms with Crippen molar-refractivity contribution in [2.75, 3.05) is 7.11 Å². The van der Waals surface area contributed by atoms with E-state index in [-0.39, 0.29) is 5.75 Å². The van der Waals surface area contributed by atoms with Crippen molar-refractivity contribution in [1.29, 1.82) is 0 Å². The van der Waals surface area contributed by atoms with Gasteiger partial charge in [-0.1, -0.05) is 5.57 Å². The first-order valence-corrected chi connectivity index (χ1v) is 5.98. The number of hydrogen-bond donors (Lipinski definition) is 0. The van der Waals surface area contributed by atoms with Crippen LogP contribution in [-0.4, -0.2) is 13.1 Å². The van der Waals surface area contributed by atoms with Crippen LogP contribution >= 0.6 is 0 Å². The number of hydrogen-bond acceptors (Lipinski definition) is 5. The number of carbonyl (C=O) groups is 1. The molecule has 0 aliphatic carbocycles. The van der Waals surface area contributed by atoms with Crippen LogP contribution in [0.5, 0.6) is 11.5 Å². The summed E-state index contributed by atoms with van der Waals surface area (Å²) in [6.07, 6.45) is 1.37. The third-order valence-electron chi connectivity index (χ3n) is 2.52. The molecule has 104 valence electrons. The second-order valence-corrected chi connectivity index (χ2v) is 4.44. The quantitative estimate of drug-likeness (QED) is 0.372. The smallest absolute Gasteiger partial charge is 0.336 e. The van der Waals surface area contributed by atoms with E-state index in [9.17, 15) is 9.59 Å². The minimum absolute atomic E-state index is 0.205. The van der Waals surface area contributed by atoms with Crippen LogP contribution in [0.25, 0.3) is 11.0 Å². The highest BCUT2D eigenvalue weighted by Gasteiger charge is 2.11. The van der Waals surface area contributed by atoms with Gasteiger partial charge in [-0.25, -0.2) is 9.59 Å². The predicted octanol–water partition coefficient (Wildman–Crippen LogP) is 2.67. The topological polar surface area (TPSA) is 65.7 Å². The molecular weight excluding hydrogens is 260 g/mol. The molecule has 1 heterocycles. The standard InChI is InChI=1S/C15H14O5/c1-9(2)6-15(17)20-13-8-11-10(7-12(13)18-3)4-5-14(16)19-11/h4-8H,1-3H3. The van der Waals surface area contributed by atoms with Gasteiger partial charge in [0, 0.05) is 23.6 Å². The van der Waals surface area contributed by atoms with Crippen LogP contribution < -0.4 is 15.1 Å². The van der Waals surface area contributed by atoms with Crippen LogP contribution in [0.3, 0.4) is 0 Å². The molecule has 0 N–H and O–H groups in total. The molecule has 0 bridgehead atoms. The van der Waals surface area contributed by atoms with Crippen molar-refractivity contribution in [3.8, 4) is 11.5 Å². The Morgan fingerprint density at radius 2 is 1.95 bits per heavy atom. The second-order valence-electron chi connectivity index (χ2n) is 4.44. The Kier molecular flexibility index (Phi) is 3.89. The Bertz CT molecular complexity index is 736. The lowest BCUT2D eigenvalue weighted by atomic mass is 10.2. The van der Waals surface area contributed by atoms with Crippen LogP contribution in [0.1, 0.15) is 13.8 Å². The van der Waals surface area contributed by atoms with Crippen molar-refractivity contribution in [2.45, 2.75) is 13.8 Å². The van der Waals surface area contributed by atoms with E-state index in [4.69, 9.17) is 13.9 Å². The lowest BCUT2D eigenvalue weighted by Crippen LogP contribution is -2.06. The Morgan fingerprint density at radius 3 is 2.60 bits per heavy atom. The Balaban J connectivity index is 2.48. The lowest BCUT2D eigenvalue weighted by Gasteiger charge is -2.09. The first-order chi connectivity index (χ1) is 9.49. The molecule has 0 amide bonds. The molecule has 2 rings (SSSR count). The lowest BCUT2D eigenvalue weighted by molar-refractivity contribution is -0.129. The summed E-state index contributed by atoms with van der Waals surface area (Å²) in [6.45, 7) is 3.58. The monoisotopic (exact) mass is 274 g/mol. The second kappa shape index (κ2) is 5.61. The van der Waals surface area contributed by atoms with Gasteiger partial charge in [-0.15, -0.1) is 0 Å². The number of carbonyl (C=O) groups excluding carboxylic acids is 1. The molecule has 1 aromatic heterocycles. The van der Waals surface area contributed by atoms with E-state index in [2.05, 4.69) is 0 Å². The third kappa shape index (κ3) is 3.06. The van der Waals surface area contributed by atoms with Gasteiger partial charge >= 0.3 is 11.6 Å². The van der Waals surface area contributed by atoms with E-state index >= 15 is 0 Å². The van der Waals surface area contributed by atoms with Crippen molar-refractivity contribution in [2.24, 2.45) is 0 Å². The molecule has 0 saturated heterocycles. The van der Waals surface area contributed by atoms with Gasteiger partial charge in [0.1, 0.15) is 5.58 Å². The predicted molar refractivity (Wildman–Crippen MR) is 74.1 cm³/mol. The zero-order valence-corrected chi connectivity index (χ0v) is 11.4. The van der Waals surface area contributed by atoms with E-state index in [1.54, 1.807) is 26.0 Å². The number of fused-ring (bicyclic) bond motifs is 1. The molecule has 5 heteroatoms. The number of esters is 1. The average Bonchev–Trinajstić information content (AvgIpc) is 2.36. The van der Waals surface area contributed by atoms with Gasteiger partial charge < -0.3 is 13.9 Å². The summed E-state index contributed by atoms with van der Waals surface area (Å²) in [7, 11) is 1.47. The van der Waals surface area contributed by atoms with Crippen molar-refractivity contribution < 1.29 is 18.7 Å². The fourth-order valence-corrected chi connectivity index (χ4v) is 1.69. The van der Waals surface area contributed by atoms with Gasteiger partial charge in [-0.05, 0) is 26.0 Å². The van der Waals surface area contributed by atoms with Gasteiger partial charge in [0.25, 0.3) is 0 Å². The van der Waals surface area contributed by atoms with Gasteiger partial charge in [0.05, 0.1) is 7.11 Å². The molecule has 0 radical (unpaired) electrons. The summed E-state index contributed by atoms with van der Waals surface area (Å²) >= 11 is 0. The molecule has 2 aromatic rings. The van der Waals surface area contributed by atoms with Gasteiger partial charge in [-0.2, -0.15) is 0 Å². The molecule has 0 spiro atoms. The molecule has 1 aromatic carbocycles. The fraction of sp³-hybridized carbons (Fsp3) is 0.200. The zero-order valence-electron chi connectivity index (χ0n) is 11.4. The average molecular weight is 274 g/mol. The molecule has 5 nitrogen and oxygen atoms in total. The minimum atomic E-state index is -0.513. The van der Waals surface area contributed by atoms with Crippen LogP contribution in [0.15, 0.2) is 45.1 Å². The molecule has 0 saturated carbocycles. The Hall–Kier alpha value is -2.56. The van der Waals surface area contributed by atoms with Gasteiger partial charge in [0.2, 0.25) is 0 Å². The molecule has 0 atom stereocenters. The highest BCUT2D eigenvalue weighted by atomic mass is 16.6. The summed E-state index contributed by atoms with van der Waals surface area (Å²) in [5.74, 6) is 0.0830. The van der Waals surface area contributed by atoms with Gasteiger partial charge in [-0.3, -0.25) is 0 Å². The van der Waals surface area contributed by atoms with E-state index in [0.29, 0.717) is 16.7 Å². The van der Waals surface area contributed by atoms with E-state index in [1.165, 1.54) is 25.3 Å². The number of benzene rings is 1. The molecule has 0 aliphatic rings. The molecule has 0 aliphatic heterocycles. The number of allylic oxidation sites excluding steroid dienone is 1. The van der Waals surface area contributed by atoms with Crippen molar-refractivity contribution in [3.05, 3.63) is 46.3 Å². The van der Waals surface area contributed by atoms with Crippen LogP contribution in [-0.2, 0) is 4.79 Å². The molecule has 0 fully saturated rings. The molecular formula is C15H14O5. The Morgan fingerprint density at radius 1 is 1.20 bits per heavy atom. The van der Waals surface area contributed by atoms with Crippen molar-refractivity contribution >= 4 is 16.9 Å². The fourth-order valence-electron chi connectivity index (χ4n) is 1.69. The van der Waals surface area contributed by atoms with Gasteiger partial charge in [0.15, 0.2) is 11.5 Å². The first kappa shape index (κ1) is 13.9. The normalized spacial score (nSPS) is 10.2. The van der Waals surface area contributed by atoms with Crippen molar-refractivity contribution in [1.82, 2.24) is 0 Å². The largest absolute Gasteiger partial charge is 0.493 e. The maximum atomic E-state index is 11.6. The van der Waals surface area contributed by atoms with E-state index < -0.39 is 11.6 Å². The maximum Gasteiger partial charge on any atom is 0.336 e. The van der Waals surface area contributed by atoms with Crippen molar-refractivity contribution in [3.63, 3.8) is 0 Å². The highest BCUT2D eigenvalue weighted by molar-refractivity contribution is 5.87. The molecule has 20 heavy (non-hydrogen) atoms. The minimum Gasteiger partial charge on any atom is -0.493 e. The van der Waals surface area contributed by atoms with Crippen LogP contribution in [0, 0.1) is 0 Å². The summed E-state index contributed by atoms with van der Waals surface area (Å²) < 4.78 is 15.4. The van der Waals surface area contributed by atoms with Crippen LogP contribution in [0.4, 0.5) is 0 Å². The first-order valence-electron chi connectivity index (χ1n) is 5.98. The third-order valence-corrected chi connectivity index (χ3v) is 2.52. The Labute approximate surface area is 115 Å². The zero-order chi connectivity index (χ0) is 14.7. The maximum absolute atomic E-state index is 11.6. The van der Waals surface area contributed by atoms with Crippen LogP contribution in [0.2, 0.25) is 0 Å². The number of methoxy groups -OCH3 is 1. The summed E-state index contributed by atoms with van der Waals surface area (Å²) in [6, 6.07) is 6.04. The number of rotatable bonds is 3. The number of ether oxygens (including phenoxy) is 2.